The van der Waals surface area contributed by atoms with Gasteiger partial charge in [-0.3, -0.25) is 9.59 Å². The van der Waals surface area contributed by atoms with E-state index in [1.54, 1.807) is 0 Å². The average Bonchev–Trinajstić information content (AvgIpc) is 2.49. The molecule has 22 heavy (non-hydrogen) atoms. The summed E-state index contributed by atoms with van der Waals surface area (Å²) < 4.78 is 0. The summed E-state index contributed by atoms with van der Waals surface area (Å²) in [4.78, 5) is 27.5. The summed E-state index contributed by atoms with van der Waals surface area (Å²) in [7, 11) is 0. The van der Waals surface area contributed by atoms with Gasteiger partial charge in [0.25, 0.3) is 5.91 Å². The Balaban J connectivity index is 1.86. The molecule has 6 heteroatoms. The fourth-order valence-corrected chi connectivity index (χ4v) is 3.17. The average molecular weight is 341 g/mol. The van der Waals surface area contributed by atoms with Crippen LogP contribution in [0.1, 0.15) is 42.5 Å². The molecule has 0 unspecified atom stereocenters. The maximum Gasteiger partial charge on any atom is 0.254 e. The SMILES string of the molecule is C=CC(=O)CC1CCC(NC(=O)c2cnc(Cl)cc2Cl)CC1. The van der Waals surface area contributed by atoms with Gasteiger partial charge in [-0.05, 0) is 43.7 Å². The topological polar surface area (TPSA) is 59.1 Å². The molecule has 1 heterocycles. The summed E-state index contributed by atoms with van der Waals surface area (Å²) in [5.74, 6) is 0.241. The van der Waals surface area contributed by atoms with E-state index in [-0.39, 0.29) is 22.9 Å². The number of rotatable bonds is 5. The largest absolute Gasteiger partial charge is 0.349 e. The Labute approximate surface area is 139 Å². The number of hydrogen-bond acceptors (Lipinski definition) is 3. The Kier molecular flexibility index (Phi) is 5.98. The highest BCUT2D eigenvalue weighted by molar-refractivity contribution is 6.36. The number of amides is 1. The first-order valence-corrected chi connectivity index (χ1v) is 8.02. The molecule has 2 rings (SSSR count). The lowest BCUT2D eigenvalue weighted by atomic mass is 9.83. The molecule has 0 radical (unpaired) electrons. The number of carbonyl (C=O) groups is 2. The molecule has 0 atom stereocenters. The van der Waals surface area contributed by atoms with E-state index in [1.807, 2.05) is 0 Å². The first-order chi connectivity index (χ1) is 10.5. The zero-order valence-corrected chi connectivity index (χ0v) is 13.7. The minimum Gasteiger partial charge on any atom is -0.349 e. The minimum atomic E-state index is -0.236. The molecule has 0 aromatic carbocycles. The van der Waals surface area contributed by atoms with Gasteiger partial charge in [-0.1, -0.05) is 29.8 Å². The fourth-order valence-electron chi connectivity index (χ4n) is 2.72. The van der Waals surface area contributed by atoms with Crippen LogP contribution in [-0.4, -0.2) is 22.7 Å². The van der Waals surface area contributed by atoms with Crippen molar-refractivity contribution in [2.75, 3.05) is 0 Å². The van der Waals surface area contributed by atoms with E-state index in [2.05, 4.69) is 16.9 Å². The van der Waals surface area contributed by atoms with Crippen molar-refractivity contribution in [3.8, 4) is 0 Å². The zero-order chi connectivity index (χ0) is 16.1. The van der Waals surface area contributed by atoms with Crippen molar-refractivity contribution in [3.05, 3.63) is 40.7 Å². The van der Waals surface area contributed by atoms with Crippen molar-refractivity contribution < 1.29 is 9.59 Å². The second-order valence-corrected chi connectivity index (χ2v) is 6.35. The Morgan fingerprint density at radius 1 is 1.32 bits per heavy atom. The van der Waals surface area contributed by atoms with Crippen LogP contribution in [0, 0.1) is 5.92 Å². The lowest BCUT2D eigenvalue weighted by molar-refractivity contribution is -0.115. The van der Waals surface area contributed by atoms with Crippen LogP contribution in [-0.2, 0) is 4.79 Å². The minimum absolute atomic E-state index is 0.0894. The van der Waals surface area contributed by atoms with Crippen LogP contribution < -0.4 is 5.32 Å². The van der Waals surface area contributed by atoms with E-state index in [0.717, 1.165) is 25.7 Å². The van der Waals surface area contributed by atoms with Gasteiger partial charge in [-0.25, -0.2) is 4.98 Å². The van der Waals surface area contributed by atoms with E-state index in [9.17, 15) is 9.59 Å². The normalized spacial score (nSPS) is 21.2. The lowest BCUT2D eigenvalue weighted by Gasteiger charge is -2.28. The molecule has 1 amide bonds. The van der Waals surface area contributed by atoms with Crippen molar-refractivity contribution in [1.82, 2.24) is 10.3 Å². The first-order valence-electron chi connectivity index (χ1n) is 7.26. The molecule has 1 saturated carbocycles. The third-order valence-electron chi connectivity index (χ3n) is 3.96. The Morgan fingerprint density at radius 3 is 2.59 bits per heavy atom. The molecular weight excluding hydrogens is 323 g/mol. The van der Waals surface area contributed by atoms with Crippen LogP contribution in [0.5, 0.6) is 0 Å². The molecule has 1 N–H and O–H groups in total. The number of carbonyl (C=O) groups excluding carboxylic acids is 2. The predicted molar refractivity (Wildman–Crippen MR) is 87.3 cm³/mol. The van der Waals surface area contributed by atoms with Crippen molar-refractivity contribution in [2.45, 2.75) is 38.1 Å². The van der Waals surface area contributed by atoms with Crippen molar-refractivity contribution in [3.63, 3.8) is 0 Å². The number of allylic oxidation sites excluding steroid dienone is 1. The molecule has 118 valence electrons. The van der Waals surface area contributed by atoms with Gasteiger partial charge in [0, 0.05) is 18.7 Å². The van der Waals surface area contributed by atoms with Crippen LogP contribution in [0.3, 0.4) is 0 Å². The van der Waals surface area contributed by atoms with Gasteiger partial charge >= 0.3 is 0 Å². The number of pyridine rings is 1. The number of nitrogens with one attached hydrogen (secondary N) is 1. The summed E-state index contributed by atoms with van der Waals surface area (Å²) in [6.45, 7) is 3.49. The van der Waals surface area contributed by atoms with E-state index in [1.165, 1.54) is 18.3 Å². The maximum absolute atomic E-state index is 12.2. The molecule has 0 aliphatic heterocycles. The molecule has 0 saturated heterocycles. The highest BCUT2D eigenvalue weighted by Crippen LogP contribution is 2.27. The Hall–Kier alpha value is -1.39. The Bertz CT molecular complexity index is 582. The molecular formula is C16H18Cl2N2O2. The number of halogens is 2. The van der Waals surface area contributed by atoms with E-state index >= 15 is 0 Å². The predicted octanol–water partition coefficient (Wildman–Crippen LogP) is 3.82. The molecule has 1 aliphatic carbocycles. The summed E-state index contributed by atoms with van der Waals surface area (Å²) in [5.41, 5.74) is 0.329. The van der Waals surface area contributed by atoms with Gasteiger partial charge < -0.3 is 5.32 Å². The van der Waals surface area contributed by atoms with E-state index in [4.69, 9.17) is 23.2 Å². The van der Waals surface area contributed by atoms with E-state index in [0.29, 0.717) is 22.9 Å². The van der Waals surface area contributed by atoms with Gasteiger partial charge in [0.15, 0.2) is 5.78 Å². The maximum atomic E-state index is 12.2. The van der Waals surface area contributed by atoms with Gasteiger partial charge in [0.05, 0.1) is 10.6 Å². The molecule has 1 aromatic rings. The van der Waals surface area contributed by atoms with Crippen molar-refractivity contribution in [2.24, 2.45) is 5.92 Å². The van der Waals surface area contributed by atoms with Gasteiger partial charge in [-0.15, -0.1) is 0 Å². The van der Waals surface area contributed by atoms with Crippen LogP contribution >= 0.6 is 23.2 Å². The van der Waals surface area contributed by atoms with Crippen LogP contribution in [0.2, 0.25) is 10.2 Å². The Morgan fingerprint density at radius 2 is 2.00 bits per heavy atom. The zero-order valence-electron chi connectivity index (χ0n) is 12.1. The second-order valence-electron chi connectivity index (χ2n) is 5.55. The standard InChI is InChI=1S/C16H18Cl2N2O2/c1-2-12(21)7-10-3-5-11(6-4-10)20-16(22)13-9-19-15(18)8-14(13)17/h2,8-11H,1,3-7H2,(H,20,22). The number of ketones is 1. The van der Waals surface area contributed by atoms with Gasteiger partial charge in [-0.2, -0.15) is 0 Å². The monoisotopic (exact) mass is 340 g/mol. The smallest absolute Gasteiger partial charge is 0.254 e. The molecule has 1 aliphatic rings. The van der Waals surface area contributed by atoms with E-state index < -0.39 is 0 Å². The second kappa shape index (κ2) is 7.75. The first kappa shape index (κ1) is 17.0. The molecule has 0 spiro atoms. The van der Waals surface area contributed by atoms with Crippen LogP contribution in [0.4, 0.5) is 0 Å². The highest BCUT2D eigenvalue weighted by Gasteiger charge is 2.24. The fraction of sp³-hybridized carbons (Fsp3) is 0.438. The number of hydrogen-bond donors (Lipinski definition) is 1. The number of nitrogens with zero attached hydrogens (tertiary/aromatic N) is 1. The van der Waals surface area contributed by atoms with Crippen LogP contribution in [0.25, 0.3) is 0 Å². The summed E-state index contributed by atoms with van der Waals surface area (Å²) in [5, 5.41) is 3.52. The molecule has 1 aromatic heterocycles. The quantitative estimate of drug-likeness (QED) is 0.654. The molecule has 1 fully saturated rings. The van der Waals surface area contributed by atoms with Crippen molar-refractivity contribution in [1.29, 1.82) is 0 Å². The molecule has 4 nitrogen and oxygen atoms in total. The van der Waals surface area contributed by atoms with Crippen molar-refractivity contribution >= 4 is 34.9 Å². The van der Waals surface area contributed by atoms with Gasteiger partial charge in [0.1, 0.15) is 5.15 Å². The third kappa shape index (κ3) is 4.55. The summed E-state index contributed by atoms with van der Waals surface area (Å²) >= 11 is 11.7. The van der Waals surface area contributed by atoms with Gasteiger partial charge in [0.2, 0.25) is 0 Å². The molecule has 0 bridgehead atoms. The summed E-state index contributed by atoms with van der Waals surface area (Å²) in [6, 6.07) is 1.56. The lowest BCUT2D eigenvalue weighted by Crippen LogP contribution is -2.38. The number of aromatic nitrogens is 1. The third-order valence-corrected chi connectivity index (χ3v) is 4.48. The highest BCUT2D eigenvalue weighted by atomic mass is 35.5. The summed E-state index contributed by atoms with van der Waals surface area (Å²) in [6.07, 6.45) is 6.89. The van der Waals surface area contributed by atoms with Crippen LogP contribution in [0.15, 0.2) is 24.9 Å².